The van der Waals surface area contributed by atoms with Crippen LogP contribution in [0.15, 0.2) is 17.3 Å². The van der Waals surface area contributed by atoms with Gasteiger partial charge in [-0.15, -0.1) is 0 Å². The standard InChI is InChI=1S/C14H22N4S/c1-11-4-3-6-14(8-11)10-19-13(17-14)15-9-12-5-7-16-18(12)2/h5,7,11H,3-4,6,8-10H2,1-2H3,(H,15,17). The van der Waals surface area contributed by atoms with E-state index >= 15 is 0 Å². The van der Waals surface area contributed by atoms with Crippen molar-refractivity contribution in [2.75, 3.05) is 5.75 Å². The first kappa shape index (κ1) is 13.0. The van der Waals surface area contributed by atoms with Gasteiger partial charge in [0.1, 0.15) is 0 Å². The predicted octanol–water partition coefficient (Wildman–Crippen LogP) is 2.56. The number of hydrogen-bond acceptors (Lipinski definition) is 3. The van der Waals surface area contributed by atoms with Gasteiger partial charge in [-0.3, -0.25) is 9.67 Å². The molecule has 2 atom stereocenters. The van der Waals surface area contributed by atoms with Crippen molar-refractivity contribution in [3.63, 3.8) is 0 Å². The van der Waals surface area contributed by atoms with Gasteiger partial charge in [0, 0.05) is 24.5 Å². The number of nitrogens with one attached hydrogen (secondary N) is 1. The molecule has 4 nitrogen and oxygen atoms in total. The summed E-state index contributed by atoms with van der Waals surface area (Å²) >= 11 is 1.89. The normalized spacial score (nSPS) is 32.9. The molecule has 104 valence electrons. The Morgan fingerprint density at radius 3 is 3.26 bits per heavy atom. The lowest BCUT2D eigenvalue weighted by Gasteiger charge is -2.36. The molecule has 3 rings (SSSR count). The number of aryl methyl sites for hydroxylation is 1. The summed E-state index contributed by atoms with van der Waals surface area (Å²) in [6, 6.07) is 2.03. The lowest BCUT2D eigenvalue weighted by Crippen LogP contribution is -2.47. The van der Waals surface area contributed by atoms with Crippen LogP contribution in [0.4, 0.5) is 0 Å². The van der Waals surface area contributed by atoms with Crippen LogP contribution >= 0.6 is 11.8 Å². The molecule has 1 aromatic rings. The summed E-state index contributed by atoms with van der Waals surface area (Å²) < 4.78 is 1.89. The number of thioether (sulfide) groups is 1. The number of nitrogens with zero attached hydrogens (tertiary/aromatic N) is 3. The molecule has 2 heterocycles. The summed E-state index contributed by atoms with van der Waals surface area (Å²) in [5, 5.41) is 9.00. The van der Waals surface area contributed by atoms with Gasteiger partial charge in [-0.05, 0) is 24.8 Å². The molecule has 1 N–H and O–H groups in total. The van der Waals surface area contributed by atoms with Crippen molar-refractivity contribution >= 4 is 16.9 Å². The molecule has 19 heavy (non-hydrogen) atoms. The third-order valence-corrected chi connectivity index (χ3v) is 5.46. The SMILES string of the molecule is CC1CCCC2(CSC(=NCc3ccnn3C)N2)C1. The number of aliphatic imine (C=N–C) groups is 1. The highest BCUT2D eigenvalue weighted by atomic mass is 32.2. The van der Waals surface area contributed by atoms with E-state index < -0.39 is 0 Å². The van der Waals surface area contributed by atoms with Crippen LogP contribution in [0.3, 0.4) is 0 Å². The van der Waals surface area contributed by atoms with E-state index in [1.165, 1.54) is 31.4 Å². The van der Waals surface area contributed by atoms with Crippen LogP contribution in [0.5, 0.6) is 0 Å². The van der Waals surface area contributed by atoms with E-state index in [9.17, 15) is 0 Å². The molecule has 1 saturated heterocycles. The van der Waals surface area contributed by atoms with Gasteiger partial charge >= 0.3 is 0 Å². The lowest BCUT2D eigenvalue weighted by molar-refractivity contribution is 0.242. The van der Waals surface area contributed by atoms with Crippen molar-refractivity contribution in [1.29, 1.82) is 0 Å². The van der Waals surface area contributed by atoms with E-state index in [4.69, 9.17) is 4.99 Å². The highest BCUT2D eigenvalue weighted by molar-refractivity contribution is 8.14. The molecule has 0 aromatic carbocycles. The Morgan fingerprint density at radius 1 is 1.63 bits per heavy atom. The van der Waals surface area contributed by atoms with Crippen LogP contribution in [-0.4, -0.2) is 26.2 Å². The maximum Gasteiger partial charge on any atom is 0.157 e. The van der Waals surface area contributed by atoms with E-state index in [1.54, 1.807) is 0 Å². The molecule has 2 fully saturated rings. The molecule has 0 bridgehead atoms. The van der Waals surface area contributed by atoms with Crippen LogP contribution in [0.2, 0.25) is 0 Å². The fourth-order valence-electron chi connectivity index (χ4n) is 3.20. The minimum atomic E-state index is 0.327. The lowest BCUT2D eigenvalue weighted by atomic mass is 9.78. The zero-order valence-corrected chi connectivity index (χ0v) is 12.5. The third-order valence-electron chi connectivity index (χ3n) is 4.26. The van der Waals surface area contributed by atoms with Crippen LogP contribution in [0, 0.1) is 5.92 Å². The zero-order chi connectivity index (χ0) is 13.3. The van der Waals surface area contributed by atoms with Crippen molar-refractivity contribution in [2.45, 2.75) is 44.7 Å². The molecular formula is C14H22N4S. The molecule has 1 aliphatic heterocycles. The highest BCUT2D eigenvalue weighted by Gasteiger charge is 2.40. The van der Waals surface area contributed by atoms with Gasteiger partial charge in [-0.25, -0.2) is 0 Å². The fourth-order valence-corrected chi connectivity index (χ4v) is 4.40. The Balaban J connectivity index is 1.64. The molecule has 1 aromatic heterocycles. The number of aromatic nitrogens is 2. The second-order valence-corrected chi connectivity index (χ2v) is 6.93. The predicted molar refractivity (Wildman–Crippen MR) is 80.3 cm³/mol. The number of rotatable bonds is 2. The minimum absolute atomic E-state index is 0.327. The Morgan fingerprint density at radius 2 is 2.53 bits per heavy atom. The second kappa shape index (κ2) is 5.19. The Labute approximate surface area is 119 Å². The van der Waals surface area contributed by atoms with E-state index in [1.807, 2.05) is 35.8 Å². The molecular weight excluding hydrogens is 256 g/mol. The summed E-state index contributed by atoms with van der Waals surface area (Å²) in [5.74, 6) is 2.03. The molecule has 1 aliphatic carbocycles. The molecule has 1 saturated carbocycles. The average molecular weight is 278 g/mol. The molecule has 2 unspecified atom stereocenters. The van der Waals surface area contributed by atoms with Crippen molar-refractivity contribution in [3.05, 3.63) is 18.0 Å². The molecule has 0 radical (unpaired) electrons. The zero-order valence-electron chi connectivity index (χ0n) is 11.7. The first-order valence-electron chi connectivity index (χ1n) is 7.09. The van der Waals surface area contributed by atoms with Crippen molar-refractivity contribution < 1.29 is 0 Å². The second-order valence-electron chi connectivity index (χ2n) is 5.96. The van der Waals surface area contributed by atoms with Crippen LogP contribution in [0.25, 0.3) is 0 Å². The van der Waals surface area contributed by atoms with Crippen molar-refractivity contribution in [1.82, 2.24) is 15.1 Å². The number of hydrogen-bond donors (Lipinski definition) is 1. The molecule has 2 aliphatic rings. The van der Waals surface area contributed by atoms with Gasteiger partial charge in [0.15, 0.2) is 5.17 Å². The largest absolute Gasteiger partial charge is 0.359 e. The quantitative estimate of drug-likeness (QED) is 0.904. The Hall–Kier alpha value is -0.970. The molecule has 1 spiro atoms. The van der Waals surface area contributed by atoms with Crippen LogP contribution < -0.4 is 5.32 Å². The van der Waals surface area contributed by atoms with Gasteiger partial charge < -0.3 is 5.32 Å². The maximum atomic E-state index is 4.71. The van der Waals surface area contributed by atoms with Gasteiger partial charge in [0.05, 0.1) is 12.2 Å². The third kappa shape index (κ3) is 2.81. The first-order chi connectivity index (χ1) is 9.17. The molecule has 5 heteroatoms. The highest BCUT2D eigenvalue weighted by Crippen LogP contribution is 2.38. The van der Waals surface area contributed by atoms with Crippen LogP contribution in [-0.2, 0) is 13.6 Å². The smallest absolute Gasteiger partial charge is 0.157 e. The maximum absolute atomic E-state index is 4.71. The van der Waals surface area contributed by atoms with Crippen molar-refractivity contribution in [3.8, 4) is 0 Å². The summed E-state index contributed by atoms with van der Waals surface area (Å²) in [4.78, 5) is 4.71. The summed E-state index contributed by atoms with van der Waals surface area (Å²) in [6.45, 7) is 3.09. The van der Waals surface area contributed by atoms with E-state index in [0.717, 1.165) is 23.3 Å². The van der Waals surface area contributed by atoms with E-state index in [2.05, 4.69) is 17.3 Å². The van der Waals surface area contributed by atoms with E-state index in [0.29, 0.717) is 5.54 Å². The van der Waals surface area contributed by atoms with Crippen molar-refractivity contribution in [2.24, 2.45) is 18.0 Å². The molecule has 0 amide bonds. The summed E-state index contributed by atoms with van der Waals surface area (Å²) in [5.41, 5.74) is 1.49. The summed E-state index contributed by atoms with van der Waals surface area (Å²) in [7, 11) is 1.97. The Bertz CT molecular complexity index is 482. The fraction of sp³-hybridized carbons (Fsp3) is 0.714. The van der Waals surface area contributed by atoms with Gasteiger partial charge in [0.2, 0.25) is 0 Å². The summed E-state index contributed by atoms with van der Waals surface area (Å²) in [6.07, 6.45) is 7.16. The van der Waals surface area contributed by atoms with Gasteiger partial charge in [0.25, 0.3) is 0 Å². The number of amidine groups is 1. The average Bonchev–Trinajstić information content (AvgIpc) is 2.94. The minimum Gasteiger partial charge on any atom is -0.359 e. The van der Waals surface area contributed by atoms with Gasteiger partial charge in [-0.2, -0.15) is 5.10 Å². The Kier molecular flexibility index (Phi) is 3.56. The first-order valence-corrected chi connectivity index (χ1v) is 8.08. The van der Waals surface area contributed by atoms with Gasteiger partial charge in [-0.1, -0.05) is 31.5 Å². The van der Waals surface area contributed by atoms with Crippen LogP contribution in [0.1, 0.15) is 38.3 Å². The monoisotopic (exact) mass is 278 g/mol. The van der Waals surface area contributed by atoms with E-state index in [-0.39, 0.29) is 0 Å². The topological polar surface area (TPSA) is 42.2 Å².